The van der Waals surface area contributed by atoms with E-state index in [0.29, 0.717) is 0 Å². The molecular formula is C43H49NO18. The molecule has 4 bridgehead atoms. The SMILES string of the molecule is CC(=O)OC[C@]12[C@H](OC(C)=O)[C@H](OC(C)=O)[C@@H]3C(OC(C)=O)[C@@]14OC3(C)COC(=O)c1cccnc1CCC(C)C(=O)OC([C@H](OC(C)=O)[C@@H]2OC(=O)c1ccccc1)[C@]4(C)O. The van der Waals surface area contributed by atoms with Gasteiger partial charge in [0.1, 0.15) is 42.0 Å². The van der Waals surface area contributed by atoms with Gasteiger partial charge in [-0.1, -0.05) is 25.1 Å². The molecule has 2 aromatic rings. The van der Waals surface area contributed by atoms with Gasteiger partial charge in [0, 0.05) is 40.8 Å². The number of ether oxygens (including phenoxy) is 9. The average Bonchev–Trinajstić information content (AvgIpc) is 3.41. The van der Waals surface area contributed by atoms with Gasteiger partial charge in [0.2, 0.25) is 0 Å². The Bertz CT molecular complexity index is 2140. The number of nitrogens with zero attached hydrogens (tertiary/aromatic N) is 1. The van der Waals surface area contributed by atoms with Gasteiger partial charge in [-0.15, -0.1) is 0 Å². The van der Waals surface area contributed by atoms with Gasteiger partial charge in [-0.05, 0) is 51.0 Å². The molecule has 4 aliphatic rings. The van der Waals surface area contributed by atoms with Crippen LogP contribution in [0, 0.1) is 17.3 Å². The van der Waals surface area contributed by atoms with E-state index in [1.165, 1.54) is 56.4 Å². The van der Waals surface area contributed by atoms with Gasteiger partial charge in [0.05, 0.1) is 28.7 Å². The Morgan fingerprint density at radius 1 is 0.774 bits per heavy atom. The molecule has 3 fully saturated rings. The molecule has 62 heavy (non-hydrogen) atoms. The molecule has 6 rings (SSSR count). The monoisotopic (exact) mass is 867 g/mol. The van der Waals surface area contributed by atoms with Crippen LogP contribution in [0.2, 0.25) is 0 Å². The topological polar surface area (TPSA) is 253 Å². The number of cyclic esters (lactones) is 1. The molecule has 1 spiro atoms. The van der Waals surface area contributed by atoms with E-state index in [1.54, 1.807) is 6.07 Å². The van der Waals surface area contributed by atoms with Crippen LogP contribution in [0.4, 0.5) is 0 Å². The van der Waals surface area contributed by atoms with E-state index in [2.05, 4.69) is 4.98 Å². The van der Waals surface area contributed by atoms with Crippen LogP contribution in [0.1, 0.15) is 88.2 Å². The van der Waals surface area contributed by atoms with Crippen LogP contribution < -0.4 is 0 Å². The minimum Gasteiger partial charge on any atom is -0.465 e. The number of hydrogen-bond donors (Lipinski definition) is 1. The Balaban J connectivity index is 1.79. The second-order valence-corrected chi connectivity index (χ2v) is 16.4. The predicted molar refractivity (Wildman–Crippen MR) is 205 cm³/mol. The molecule has 12 atom stereocenters. The van der Waals surface area contributed by atoms with Crippen molar-refractivity contribution in [1.82, 2.24) is 4.98 Å². The highest BCUT2D eigenvalue weighted by atomic mass is 16.7. The normalized spacial score (nSPS) is 35.0. The van der Waals surface area contributed by atoms with Crippen molar-refractivity contribution in [2.45, 2.75) is 122 Å². The van der Waals surface area contributed by atoms with Crippen molar-refractivity contribution < 1.29 is 86.1 Å². The fourth-order valence-electron chi connectivity index (χ4n) is 9.74. The molecule has 3 heterocycles. The fourth-order valence-corrected chi connectivity index (χ4v) is 9.74. The lowest BCUT2D eigenvalue weighted by Crippen LogP contribution is -2.89. The van der Waals surface area contributed by atoms with E-state index in [1.807, 2.05) is 0 Å². The predicted octanol–water partition coefficient (Wildman–Crippen LogP) is 2.16. The summed E-state index contributed by atoms with van der Waals surface area (Å²) in [6.45, 7) is 7.17. The van der Waals surface area contributed by atoms with E-state index in [9.17, 15) is 43.5 Å². The summed E-state index contributed by atoms with van der Waals surface area (Å²) in [6.07, 6.45) is -10.6. The fraction of sp³-hybridized carbons (Fsp3) is 0.558. The summed E-state index contributed by atoms with van der Waals surface area (Å²) < 4.78 is 55.4. The molecule has 334 valence electrons. The Morgan fingerprint density at radius 2 is 1.37 bits per heavy atom. The number of esters is 8. The van der Waals surface area contributed by atoms with Crippen molar-refractivity contribution in [1.29, 1.82) is 0 Å². The highest BCUT2D eigenvalue weighted by molar-refractivity contribution is 5.91. The van der Waals surface area contributed by atoms with Crippen LogP contribution in [0.25, 0.3) is 0 Å². The number of fused-ring (bicyclic) bond motifs is 5. The summed E-state index contributed by atoms with van der Waals surface area (Å²) in [5.74, 6) is -10.7. The molecule has 1 N–H and O–H groups in total. The number of pyridine rings is 1. The summed E-state index contributed by atoms with van der Waals surface area (Å²) in [7, 11) is 0. The molecule has 1 aromatic heterocycles. The zero-order chi connectivity index (χ0) is 45.5. The number of hydrogen-bond acceptors (Lipinski definition) is 19. The highest BCUT2D eigenvalue weighted by Crippen LogP contribution is 2.70. The summed E-state index contributed by atoms with van der Waals surface area (Å²) in [5.41, 5.74) is -10.2. The van der Waals surface area contributed by atoms with Gasteiger partial charge >= 0.3 is 47.8 Å². The Kier molecular flexibility index (Phi) is 12.6. The molecule has 19 nitrogen and oxygen atoms in total. The van der Waals surface area contributed by atoms with E-state index < -0.39 is 132 Å². The molecule has 1 aromatic carbocycles. The lowest BCUT2D eigenvalue weighted by Gasteiger charge is -2.67. The van der Waals surface area contributed by atoms with E-state index in [0.717, 1.165) is 41.5 Å². The molecule has 2 aliphatic heterocycles. The number of aromatic nitrogens is 1. The van der Waals surface area contributed by atoms with Gasteiger partial charge < -0.3 is 47.7 Å². The number of carbonyl (C=O) groups is 8. The number of aliphatic hydroxyl groups is 1. The minimum absolute atomic E-state index is 0.0225. The minimum atomic E-state index is -2.84. The molecule has 0 amide bonds. The smallest absolute Gasteiger partial charge is 0.340 e. The number of rotatable bonds is 8. The third-order valence-electron chi connectivity index (χ3n) is 12.1. The number of carbonyl (C=O) groups excluding carboxylic acids is 8. The zero-order valence-electron chi connectivity index (χ0n) is 35.4. The van der Waals surface area contributed by atoms with Gasteiger partial charge in [-0.25, -0.2) is 9.59 Å². The summed E-state index contributed by atoms with van der Waals surface area (Å²) >= 11 is 0. The quantitative estimate of drug-likeness (QED) is 0.295. The Morgan fingerprint density at radius 3 is 1.98 bits per heavy atom. The second kappa shape index (κ2) is 17.1. The van der Waals surface area contributed by atoms with Crippen molar-refractivity contribution in [3.8, 4) is 0 Å². The van der Waals surface area contributed by atoms with E-state index in [-0.39, 0.29) is 29.7 Å². The van der Waals surface area contributed by atoms with Gasteiger partial charge in [-0.3, -0.25) is 33.8 Å². The lowest BCUT2D eigenvalue weighted by atomic mass is 9.45. The second-order valence-electron chi connectivity index (χ2n) is 16.4. The summed E-state index contributed by atoms with van der Waals surface area (Å²) in [5, 5.41) is 13.6. The van der Waals surface area contributed by atoms with Gasteiger partial charge in [-0.2, -0.15) is 0 Å². The van der Waals surface area contributed by atoms with Crippen LogP contribution in [0.5, 0.6) is 0 Å². The van der Waals surface area contributed by atoms with Crippen molar-refractivity contribution in [2.75, 3.05) is 13.2 Å². The molecule has 4 unspecified atom stereocenters. The molecule has 2 aliphatic carbocycles. The van der Waals surface area contributed by atoms with Crippen LogP contribution in [-0.2, 0) is 77.8 Å². The van der Waals surface area contributed by atoms with Crippen LogP contribution in [-0.4, -0.2) is 124 Å². The summed E-state index contributed by atoms with van der Waals surface area (Å²) in [6, 6.07) is 10.4. The lowest BCUT2D eigenvalue weighted by molar-refractivity contribution is -0.385. The van der Waals surface area contributed by atoms with Crippen LogP contribution in [0.15, 0.2) is 48.7 Å². The Hall–Kier alpha value is -5.95. The molecule has 2 saturated carbocycles. The third kappa shape index (κ3) is 7.76. The van der Waals surface area contributed by atoms with E-state index in [4.69, 9.17) is 42.6 Å². The molecule has 1 saturated heterocycles. The number of aryl methyl sites for hydroxylation is 1. The molecular weight excluding hydrogens is 818 g/mol. The molecule has 19 heteroatoms. The standard InChI is InChI=1S/C43H49NO18/c1-21-16-17-29-28(15-12-18-44-29)39(52)55-19-40(7)30-31(56-23(3)46)35(59-26(6)49)42(20-54-22(2)45)36(61-38(51)27-13-10-9-11-14-27)32(57-24(4)47)34(60-37(21)50)41(8,53)43(42,62-40)33(30)58-25(5)48/h9-15,18,21,30-36,53H,16-17,19-20H2,1-8H3/t21?,30-,31-,32+,33?,34?,35-,36+,40?,41+,42-,43+/m1/s1. The van der Waals surface area contributed by atoms with Crippen LogP contribution >= 0.6 is 0 Å². The van der Waals surface area contributed by atoms with E-state index >= 15 is 0 Å². The van der Waals surface area contributed by atoms with Crippen molar-refractivity contribution >= 4 is 47.8 Å². The maximum Gasteiger partial charge on any atom is 0.340 e. The van der Waals surface area contributed by atoms with Gasteiger partial charge in [0.25, 0.3) is 0 Å². The van der Waals surface area contributed by atoms with Crippen molar-refractivity contribution in [3.05, 3.63) is 65.5 Å². The van der Waals surface area contributed by atoms with Crippen molar-refractivity contribution in [2.24, 2.45) is 17.3 Å². The first-order valence-corrected chi connectivity index (χ1v) is 19.9. The Labute approximate surface area is 355 Å². The average molecular weight is 868 g/mol. The zero-order valence-corrected chi connectivity index (χ0v) is 35.4. The molecule has 0 radical (unpaired) electrons. The highest BCUT2D eigenvalue weighted by Gasteiger charge is 2.92. The van der Waals surface area contributed by atoms with Gasteiger partial charge in [0.15, 0.2) is 30.0 Å². The largest absolute Gasteiger partial charge is 0.465 e. The maximum atomic E-state index is 14.4. The first-order valence-electron chi connectivity index (χ1n) is 19.9. The first-order chi connectivity index (χ1) is 29.1. The summed E-state index contributed by atoms with van der Waals surface area (Å²) in [4.78, 5) is 113. The maximum absolute atomic E-state index is 14.4. The first kappa shape index (κ1) is 45.6. The van der Waals surface area contributed by atoms with Crippen LogP contribution in [0.3, 0.4) is 0 Å². The number of benzene rings is 1. The third-order valence-corrected chi connectivity index (χ3v) is 12.1. The van der Waals surface area contributed by atoms with Crippen molar-refractivity contribution in [3.63, 3.8) is 0 Å².